The number of halogens is 1. The summed E-state index contributed by atoms with van der Waals surface area (Å²) in [5, 5.41) is 0.560. The zero-order valence-electron chi connectivity index (χ0n) is 14.1. The van der Waals surface area contributed by atoms with Crippen LogP contribution in [0.25, 0.3) is 15.8 Å². The average molecular weight is 365 g/mol. The van der Waals surface area contributed by atoms with Gasteiger partial charge in [0.05, 0.1) is 10.4 Å². The zero-order chi connectivity index (χ0) is 18.3. The molecule has 2 heterocycles. The highest BCUT2D eigenvalue weighted by Crippen LogP contribution is 2.31. The monoisotopic (exact) mass is 365 g/mol. The summed E-state index contributed by atoms with van der Waals surface area (Å²) in [7, 11) is 4.45. The van der Waals surface area contributed by atoms with Crippen LogP contribution < -0.4 is 11.2 Å². The Morgan fingerprint density at radius 3 is 2.52 bits per heavy atom. The van der Waals surface area contributed by atoms with Crippen LogP contribution in [0.15, 0.2) is 27.8 Å². The number of aryl methyl sites for hydroxylation is 1. The molecule has 9 heteroatoms. The smallest absolute Gasteiger partial charge is 0.335 e. The molecule has 0 atom stereocenters. The van der Waals surface area contributed by atoms with Crippen molar-refractivity contribution in [2.75, 3.05) is 14.2 Å². The lowest BCUT2D eigenvalue weighted by Gasteiger charge is -2.13. The van der Waals surface area contributed by atoms with E-state index in [1.54, 1.807) is 6.92 Å². The number of aromatic nitrogens is 3. The Balaban J connectivity index is 2.33. The first kappa shape index (κ1) is 17.5. The Kier molecular flexibility index (Phi) is 4.55. The SMILES string of the molecule is COC(OC)c1nsc2cc(F)c(-n3c(=O)cc(C)n(C)c3=O)cc12. The molecule has 2 aromatic heterocycles. The normalized spacial score (nSPS) is 11.6. The molecule has 3 aromatic rings. The van der Waals surface area contributed by atoms with Gasteiger partial charge in [-0.25, -0.2) is 13.8 Å². The van der Waals surface area contributed by atoms with Crippen molar-refractivity contribution in [3.8, 4) is 5.69 Å². The summed E-state index contributed by atoms with van der Waals surface area (Å²) in [4.78, 5) is 24.8. The molecule has 0 aliphatic heterocycles. The van der Waals surface area contributed by atoms with Gasteiger partial charge >= 0.3 is 5.69 Å². The van der Waals surface area contributed by atoms with Crippen molar-refractivity contribution in [1.29, 1.82) is 0 Å². The first-order valence-electron chi connectivity index (χ1n) is 7.33. The van der Waals surface area contributed by atoms with E-state index in [4.69, 9.17) is 9.47 Å². The molecule has 0 saturated carbocycles. The molecule has 0 amide bonds. The van der Waals surface area contributed by atoms with E-state index in [9.17, 15) is 14.0 Å². The van der Waals surface area contributed by atoms with Gasteiger partial charge in [0.15, 0.2) is 0 Å². The molecule has 3 rings (SSSR count). The Morgan fingerprint density at radius 2 is 1.88 bits per heavy atom. The van der Waals surface area contributed by atoms with Crippen molar-refractivity contribution in [3.05, 3.63) is 56.2 Å². The summed E-state index contributed by atoms with van der Waals surface area (Å²) in [5.74, 6) is -0.683. The molecular weight excluding hydrogens is 349 g/mol. The van der Waals surface area contributed by atoms with Crippen LogP contribution in [0.1, 0.15) is 17.7 Å². The van der Waals surface area contributed by atoms with Crippen molar-refractivity contribution < 1.29 is 13.9 Å². The second kappa shape index (κ2) is 6.51. The van der Waals surface area contributed by atoms with Crippen LogP contribution in [-0.2, 0) is 16.5 Å². The van der Waals surface area contributed by atoms with Crippen LogP contribution in [0.4, 0.5) is 4.39 Å². The number of benzene rings is 1. The standard InChI is InChI=1S/C16H16FN3O4S/c1-8-5-13(21)20(16(22)19(8)2)11-6-9-12(7-10(11)17)25-18-14(9)15(23-3)24-4/h5-7,15H,1-4H3. The fraction of sp³-hybridized carbons (Fsp3) is 0.312. The van der Waals surface area contributed by atoms with Gasteiger partial charge in [0.25, 0.3) is 5.56 Å². The molecule has 7 nitrogen and oxygen atoms in total. The topological polar surface area (TPSA) is 75.3 Å². The highest BCUT2D eigenvalue weighted by molar-refractivity contribution is 7.13. The first-order chi connectivity index (χ1) is 11.9. The maximum absolute atomic E-state index is 14.6. The van der Waals surface area contributed by atoms with E-state index in [-0.39, 0.29) is 5.69 Å². The molecule has 0 radical (unpaired) electrons. The summed E-state index contributed by atoms with van der Waals surface area (Å²) in [6.45, 7) is 1.63. The lowest BCUT2D eigenvalue weighted by Crippen LogP contribution is -2.38. The third-order valence-corrected chi connectivity index (χ3v) is 4.84. The van der Waals surface area contributed by atoms with Gasteiger partial charge in [0, 0.05) is 38.4 Å². The minimum absolute atomic E-state index is 0.134. The van der Waals surface area contributed by atoms with Gasteiger partial charge in [-0.2, -0.15) is 4.37 Å². The van der Waals surface area contributed by atoms with Crippen LogP contribution in [-0.4, -0.2) is 27.7 Å². The van der Waals surface area contributed by atoms with Crippen LogP contribution in [0.5, 0.6) is 0 Å². The van der Waals surface area contributed by atoms with Gasteiger partial charge < -0.3 is 14.0 Å². The van der Waals surface area contributed by atoms with E-state index in [1.165, 1.54) is 44.0 Å². The van der Waals surface area contributed by atoms with Crippen LogP contribution in [0.2, 0.25) is 0 Å². The molecule has 1 aromatic carbocycles. The summed E-state index contributed by atoms with van der Waals surface area (Å²) in [6.07, 6.45) is -0.732. The second-order valence-electron chi connectivity index (χ2n) is 5.47. The predicted molar refractivity (Wildman–Crippen MR) is 91.9 cm³/mol. The highest BCUT2D eigenvalue weighted by Gasteiger charge is 2.21. The second-order valence-corrected chi connectivity index (χ2v) is 6.28. The summed E-state index contributed by atoms with van der Waals surface area (Å²) < 4.78 is 31.9. The van der Waals surface area contributed by atoms with Crippen LogP contribution in [0.3, 0.4) is 0 Å². The molecule has 0 bridgehead atoms. The Bertz CT molecular complexity index is 1070. The van der Waals surface area contributed by atoms with Crippen molar-refractivity contribution in [2.45, 2.75) is 13.2 Å². The summed E-state index contributed by atoms with van der Waals surface area (Å²) in [6, 6.07) is 3.96. The first-order valence-corrected chi connectivity index (χ1v) is 8.10. The predicted octanol–water partition coefficient (Wildman–Crippen LogP) is 1.88. The lowest BCUT2D eigenvalue weighted by atomic mass is 10.2. The van der Waals surface area contributed by atoms with E-state index in [2.05, 4.69) is 4.37 Å². The third kappa shape index (κ3) is 2.80. The molecule has 0 N–H and O–H groups in total. The van der Waals surface area contributed by atoms with E-state index in [0.717, 1.165) is 16.1 Å². The number of fused-ring (bicyclic) bond motifs is 1. The number of ether oxygens (including phenoxy) is 2. The van der Waals surface area contributed by atoms with Crippen LogP contribution in [0, 0.1) is 12.7 Å². The van der Waals surface area contributed by atoms with Gasteiger partial charge in [-0.3, -0.25) is 4.79 Å². The van der Waals surface area contributed by atoms with Crippen molar-refractivity contribution in [1.82, 2.24) is 13.5 Å². The van der Waals surface area contributed by atoms with Crippen molar-refractivity contribution >= 4 is 21.6 Å². The molecule has 0 unspecified atom stereocenters. The Labute approximate surface area is 146 Å². The number of rotatable bonds is 4. The molecule has 132 valence electrons. The van der Waals surface area contributed by atoms with E-state index >= 15 is 0 Å². The molecule has 0 saturated heterocycles. The fourth-order valence-electron chi connectivity index (χ4n) is 2.58. The van der Waals surface area contributed by atoms with Gasteiger partial charge in [-0.1, -0.05) is 0 Å². The Morgan fingerprint density at radius 1 is 1.20 bits per heavy atom. The van der Waals surface area contributed by atoms with Gasteiger partial charge in [0.1, 0.15) is 11.5 Å². The minimum Gasteiger partial charge on any atom is -0.350 e. The van der Waals surface area contributed by atoms with E-state index < -0.39 is 23.4 Å². The molecule has 0 aliphatic carbocycles. The molecular formula is C16H16FN3O4S. The van der Waals surface area contributed by atoms with Gasteiger partial charge in [-0.05, 0) is 30.6 Å². The summed E-state index contributed by atoms with van der Waals surface area (Å²) >= 11 is 1.08. The maximum Gasteiger partial charge on any atom is 0.335 e. The molecule has 25 heavy (non-hydrogen) atoms. The fourth-order valence-corrected chi connectivity index (χ4v) is 3.38. The van der Waals surface area contributed by atoms with E-state index in [0.29, 0.717) is 21.5 Å². The highest BCUT2D eigenvalue weighted by atomic mass is 32.1. The number of methoxy groups -OCH3 is 2. The molecule has 0 fully saturated rings. The van der Waals surface area contributed by atoms with E-state index in [1.807, 2.05) is 0 Å². The lowest BCUT2D eigenvalue weighted by molar-refractivity contribution is -0.107. The molecule has 0 aliphatic rings. The number of hydrogen-bond donors (Lipinski definition) is 0. The van der Waals surface area contributed by atoms with Gasteiger partial charge in [0.2, 0.25) is 6.29 Å². The largest absolute Gasteiger partial charge is 0.350 e. The van der Waals surface area contributed by atoms with Crippen molar-refractivity contribution in [3.63, 3.8) is 0 Å². The maximum atomic E-state index is 14.6. The van der Waals surface area contributed by atoms with Gasteiger partial charge in [-0.15, -0.1) is 0 Å². The number of hydrogen-bond acceptors (Lipinski definition) is 6. The Hall–Kier alpha value is -2.36. The summed E-state index contributed by atoms with van der Waals surface area (Å²) in [5.41, 5.74) is -0.403. The van der Waals surface area contributed by atoms with Crippen molar-refractivity contribution in [2.24, 2.45) is 7.05 Å². The quantitative estimate of drug-likeness (QED) is 0.660. The zero-order valence-corrected chi connectivity index (χ0v) is 14.9. The van der Waals surface area contributed by atoms with Crippen LogP contribution >= 0.6 is 11.5 Å². The third-order valence-electron chi connectivity index (χ3n) is 4.02. The minimum atomic E-state index is -0.732. The number of nitrogens with zero attached hydrogens (tertiary/aromatic N) is 3. The molecule has 0 spiro atoms. The average Bonchev–Trinajstić information content (AvgIpc) is 2.97.